The number of rotatable bonds is 5. The van der Waals surface area contributed by atoms with E-state index in [2.05, 4.69) is 15.5 Å². The Morgan fingerprint density at radius 2 is 2.19 bits per heavy atom. The standard InChI is InChI=1S/C13H15N3O4S/c1-6-4-9(16-20-6)5-10(17)14-8(3)12-15-7(2)11(21-12)13(18)19/h4,8H,5H2,1-3H3,(H,14,17)(H,18,19). The highest BCUT2D eigenvalue weighted by molar-refractivity contribution is 7.13. The summed E-state index contributed by atoms with van der Waals surface area (Å²) in [4.78, 5) is 27.3. The van der Waals surface area contributed by atoms with Crippen LogP contribution in [0.5, 0.6) is 0 Å². The molecule has 0 aliphatic heterocycles. The molecule has 2 aromatic heterocycles. The highest BCUT2D eigenvalue weighted by Gasteiger charge is 2.19. The van der Waals surface area contributed by atoms with Crippen molar-refractivity contribution in [2.45, 2.75) is 33.2 Å². The average Bonchev–Trinajstić information content (AvgIpc) is 2.95. The van der Waals surface area contributed by atoms with Gasteiger partial charge in [0, 0.05) is 6.07 Å². The number of aryl methyl sites for hydroxylation is 2. The van der Waals surface area contributed by atoms with Crippen LogP contribution >= 0.6 is 11.3 Å². The zero-order valence-electron chi connectivity index (χ0n) is 11.8. The number of aromatic nitrogens is 2. The summed E-state index contributed by atoms with van der Waals surface area (Å²) in [7, 11) is 0. The molecule has 0 aromatic carbocycles. The number of thiazole rings is 1. The van der Waals surface area contributed by atoms with E-state index in [4.69, 9.17) is 9.63 Å². The van der Waals surface area contributed by atoms with Crippen molar-refractivity contribution in [3.63, 3.8) is 0 Å². The lowest BCUT2D eigenvalue weighted by Crippen LogP contribution is -2.28. The molecule has 0 saturated carbocycles. The van der Waals surface area contributed by atoms with E-state index in [0.717, 1.165) is 11.3 Å². The first-order chi connectivity index (χ1) is 9.86. The molecule has 0 bridgehead atoms. The summed E-state index contributed by atoms with van der Waals surface area (Å²) in [5.41, 5.74) is 1.01. The third-order valence-corrected chi connectivity index (χ3v) is 4.10. The number of nitrogens with one attached hydrogen (secondary N) is 1. The Kier molecular flexibility index (Phi) is 4.37. The van der Waals surface area contributed by atoms with Crippen LogP contribution in [-0.2, 0) is 11.2 Å². The molecule has 112 valence electrons. The third kappa shape index (κ3) is 3.66. The molecule has 0 aliphatic rings. The van der Waals surface area contributed by atoms with Crippen LogP contribution in [0.1, 0.15) is 44.8 Å². The molecule has 2 aromatic rings. The number of amides is 1. The fraction of sp³-hybridized carbons (Fsp3) is 0.385. The van der Waals surface area contributed by atoms with Gasteiger partial charge in [-0.05, 0) is 20.8 Å². The molecule has 1 atom stereocenters. The molecule has 2 heterocycles. The van der Waals surface area contributed by atoms with Crippen molar-refractivity contribution in [3.05, 3.63) is 33.1 Å². The Morgan fingerprint density at radius 3 is 2.71 bits per heavy atom. The van der Waals surface area contributed by atoms with Crippen molar-refractivity contribution in [3.8, 4) is 0 Å². The number of hydrogen-bond donors (Lipinski definition) is 2. The number of carbonyl (C=O) groups excluding carboxylic acids is 1. The Labute approximate surface area is 125 Å². The maximum absolute atomic E-state index is 11.9. The number of carboxylic acids is 1. The van der Waals surface area contributed by atoms with Crippen molar-refractivity contribution in [2.24, 2.45) is 0 Å². The SMILES string of the molecule is Cc1cc(CC(=O)NC(C)c2nc(C)c(C(=O)O)s2)no1. The molecule has 2 rings (SSSR count). The van der Waals surface area contributed by atoms with Gasteiger partial charge in [-0.25, -0.2) is 9.78 Å². The normalized spacial score (nSPS) is 12.1. The van der Waals surface area contributed by atoms with E-state index in [9.17, 15) is 9.59 Å². The average molecular weight is 309 g/mol. The van der Waals surface area contributed by atoms with Gasteiger partial charge in [-0.1, -0.05) is 5.16 Å². The predicted molar refractivity (Wildman–Crippen MR) is 75.3 cm³/mol. The van der Waals surface area contributed by atoms with Crippen LogP contribution in [0.2, 0.25) is 0 Å². The van der Waals surface area contributed by atoms with Crippen LogP contribution in [0, 0.1) is 13.8 Å². The van der Waals surface area contributed by atoms with Gasteiger partial charge in [-0.15, -0.1) is 11.3 Å². The van der Waals surface area contributed by atoms with Crippen LogP contribution in [0.25, 0.3) is 0 Å². The van der Waals surface area contributed by atoms with Gasteiger partial charge in [0.2, 0.25) is 5.91 Å². The van der Waals surface area contributed by atoms with E-state index in [1.165, 1.54) is 0 Å². The Morgan fingerprint density at radius 1 is 1.48 bits per heavy atom. The van der Waals surface area contributed by atoms with E-state index in [1.807, 2.05) is 0 Å². The van der Waals surface area contributed by atoms with Gasteiger partial charge in [0.25, 0.3) is 0 Å². The molecular formula is C13H15N3O4S. The van der Waals surface area contributed by atoms with Crippen molar-refractivity contribution >= 4 is 23.2 Å². The molecule has 0 aliphatic carbocycles. The molecule has 0 radical (unpaired) electrons. The maximum Gasteiger partial charge on any atom is 0.347 e. The fourth-order valence-electron chi connectivity index (χ4n) is 1.82. The molecule has 7 nitrogen and oxygen atoms in total. The van der Waals surface area contributed by atoms with Crippen LogP contribution < -0.4 is 5.32 Å². The van der Waals surface area contributed by atoms with Crippen LogP contribution in [0.4, 0.5) is 0 Å². The molecule has 0 spiro atoms. The van der Waals surface area contributed by atoms with Gasteiger partial charge in [0.1, 0.15) is 15.6 Å². The van der Waals surface area contributed by atoms with Crippen molar-refractivity contribution in [2.75, 3.05) is 0 Å². The second-order valence-corrected chi connectivity index (χ2v) is 5.70. The summed E-state index contributed by atoms with van der Waals surface area (Å²) in [5, 5.41) is 16.1. The van der Waals surface area contributed by atoms with Crippen molar-refractivity contribution < 1.29 is 19.2 Å². The van der Waals surface area contributed by atoms with E-state index in [1.54, 1.807) is 26.8 Å². The number of nitrogens with zero attached hydrogens (tertiary/aromatic N) is 2. The summed E-state index contributed by atoms with van der Waals surface area (Å²) in [6.45, 7) is 5.15. The summed E-state index contributed by atoms with van der Waals surface area (Å²) < 4.78 is 4.89. The van der Waals surface area contributed by atoms with Crippen molar-refractivity contribution in [1.29, 1.82) is 0 Å². The first kappa shape index (κ1) is 15.2. The summed E-state index contributed by atoms with van der Waals surface area (Å²) >= 11 is 1.07. The molecule has 0 fully saturated rings. The quantitative estimate of drug-likeness (QED) is 0.873. The van der Waals surface area contributed by atoms with Crippen LogP contribution in [-0.4, -0.2) is 27.1 Å². The Bertz CT molecular complexity index is 677. The van der Waals surface area contributed by atoms with E-state index >= 15 is 0 Å². The van der Waals surface area contributed by atoms with Gasteiger partial charge < -0.3 is 14.9 Å². The largest absolute Gasteiger partial charge is 0.477 e. The van der Waals surface area contributed by atoms with E-state index < -0.39 is 5.97 Å². The van der Waals surface area contributed by atoms with Crippen LogP contribution in [0.15, 0.2) is 10.6 Å². The minimum atomic E-state index is -1.01. The highest BCUT2D eigenvalue weighted by Crippen LogP contribution is 2.23. The monoisotopic (exact) mass is 309 g/mol. The molecule has 2 N–H and O–H groups in total. The molecule has 1 amide bonds. The lowest BCUT2D eigenvalue weighted by atomic mass is 10.2. The third-order valence-electron chi connectivity index (χ3n) is 2.77. The highest BCUT2D eigenvalue weighted by atomic mass is 32.1. The fourth-order valence-corrected chi connectivity index (χ4v) is 2.73. The zero-order valence-corrected chi connectivity index (χ0v) is 12.7. The lowest BCUT2D eigenvalue weighted by Gasteiger charge is -2.10. The second kappa shape index (κ2) is 6.04. The molecular weight excluding hydrogens is 294 g/mol. The Hall–Kier alpha value is -2.22. The number of carboxylic acid groups (broad SMARTS) is 1. The second-order valence-electron chi connectivity index (χ2n) is 4.67. The smallest absolute Gasteiger partial charge is 0.347 e. The minimum absolute atomic E-state index is 0.109. The lowest BCUT2D eigenvalue weighted by molar-refractivity contribution is -0.121. The van der Waals surface area contributed by atoms with E-state index in [0.29, 0.717) is 22.2 Å². The molecule has 0 saturated heterocycles. The number of aromatic carboxylic acids is 1. The number of carbonyl (C=O) groups is 2. The van der Waals surface area contributed by atoms with Gasteiger partial charge in [-0.3, -0.25) is 4.79 Å². The van der Waals surface area contributed by atoms with Gasteiger partial charge in [0.15, 0.2) is 0 Å². The van der Waals surface area contributed by atoms with Crippen molar-refractivity contribution in [1.82, 2.24) is 15.5 Å². The maximum atomic E-state index is 11.9. The predicted octanol–water partition coefficient (Wildman–Crippen LogP) is 1.87. The first-order valence-corrected chi connectivity index (χ1v) is 7.10. The minimum Gasteiger partial charge on any atom is -0.477 e. The molecule has 1 unspecified atom stereocenters. The first-order valence-electron chi connectivity index (χ1n) is 6.29. The van der Waals surface area contributed by atoms with Gasteiger partial charge in [-0.2, -0.15) is 0 Å². The zero-order chi connectivity index (χ0) is 15.6. The van der Waals surface area contributed by atoms with Crippen LogP contribution in [0.3, 0.4) is 0 Å². The summed E-state index contributed by atoms with van der Waals surface area (Å²) in [6, 6.07) is 1.34. The summed E-state index contributed by atoms with van der Waals surface area (Å²) in [6.07, 6.45) is 0.109. The summed E-state index contributed by atoms with van der Waals surface area (Å²) in [5.74, 6) is -0.583. The Balaban J connectivity index is 2.00. The van der Waals surface area contributed by atoms with E-state index in [-0.39, 0.29) is 23.2 Å². The van der Waals surface area contributed by atoms with Gasteiger partial charge in [0.05, 0.1) is 23.9 Å². The topological polar surface area (TPSA) is 105 Å². The number of hydrogen-bond acceptors (Lipinski definition) is 6. The molecule has 8 heteroatoms. The molecule has 21 heavy (non-hydrogen) atoms. The van der Waals surface area contributed by atoms with Gasteiger partial charge >= 0.3 is 5.97 Å².